The van der Waals surface area contributed by atoms with Gasteiger partial charge in [-0.25, -0.2) is 0 Å². The number of phenols is 1. The van der Waals surface area contributed by atoms with Crippen LogP contribution >= 0.6 is 0 Å². The molecule has 2 heterocycles. The number of benzene rings is 3. The lowest BCUT2D eigenvalue weighted by Gasteiger charge is -2.40. The van der Waals surface area contributed by atoms with Gasteiger partial charge in [-0.05, 0) is 30.3 Å². The first-order chi connectivity index (χ1) is 14.5. The summed E-state index contributed by atoms with van der Waals surface area (Å²) in [5.41, 5.74) is 2.55. The number of rotatable bonds is 3. The molecular formula is C23H17N3O4. The number of hydrogen-bond acceptors (Lipinski definition) is 4. The van der Waals surface area contributed by atoms with Gasteiger partial charge < -0.3 is 15.3 Å². The number of para-hydroxylation sites is 1. The number of nitrogens with zero attached hydrogens (tertiary/aromatic N) is 2. The second-order valence-electron chi connectivity index (χ2n) is 7.18. The van der Waals surface area contributed by atoms with Crippen molar-refractivity contribution in [1.29, 1.82) is 0 Å². The zero-order chi connectivity index (χ0) is 20.8. The van der Waals surface area contributed by atoms with Crippen LogP contribution in [0.3, 0.4) is 0 Å². The fourth-order valence-corrected chi connectivity index (χ4v) is 4.07. The molecule has 0 spiro atoms. The highest BCUT2D eigenvalue weighted by Gasteiger charge is 2.47. The van der Waals surface area contributed by atoms with Gasteiger partial charge in [-0.1, -0.05) is 36.4 Å². The minimum atomic E-state index is -0.689. The van der Waals surface area contributed by atoms with Crippen molar-refractivity contribution in [1.82, 2.24) is 4.90 Å². The van der Waals surface area contributed by atoms with E-state index in [0.29, 0.717) is 28.1 Å². The third kappa shape index (κ3) is 2.71. The van der Waals surface area contributed by atoms with E-state index in [0.717, 1.165) is 0 Å². The Morgan fingerprint density at radius 1 is 0.900 bits per heavy atom. The number of phenolic OH excluding ortho intramolecular Hbond substituents is 1. The zero-order valence-corrected chi connectivity index (χ0v) is 15.8. The largest absolute Gasteiger partial charge is 0.508 e. The van der Waals surface area contributed by atoms with Gasteiger partial charge in [0.1, 0.15) is 18.5 Å². The molecule has 3 amide bonds. The lowest BCUT2D eigenvalue weighted by molar-refractivity contribution is -0.117. The highest BCUT2D eigenvalue weighted by molar-refractivity contribution is 6.17. The summed E-state index contributed by atoms with van der Waals surface area (Å²) >= 11 is 0. The van der Waals surface area contributed by atoms with Crippen molar-refractivity contribution in [2.45, 2.75) is 6.17 Å². The predicted octanol–water partition coefficient (Wildman–Crippen LogP) is 3.15. The van der Waals surface area contributed by atoms with Crippen molar-refractivity contribution in [2.75, 3.05) is 16.8 Å². The number of carbonyl (C=O) groups excluding carboxylic acids is 3. The van der Waals surface area contributed by atoms with Crippen molar-refractivity contribution in [2.24, 2.45) is 0 Å². The number of fused-ring (bicyclic) bond motifs is 5. The van der Waals surface area contributed by atoms with Gasteiger partial charge in [0.15, 0.2) is 0 Å². The van der Waals surface area contributed by atoms with Crippen LogP contribution in [0.4, 0.5) is 11.4 Å². The van der Waals surface area contributed by atoms with E-state index in [4.69, 9.17) is 0 Å². The first kappa shape index (κ1) is 17.9. The molecule has 148 valence electrons. The van der Waals surface area contributed by atoms with Gasteiger partial charge in [-0.15, -0.1) is 0 Å². The van der Waals surface area contributed by atoms with Crippen LogP contribution in [0, 0.1) is 0 Å². The van der Waals surface area contributed by atoms with Crippen LogP contribution in [0.25, 0.3) is 0 Å². The summed E-state index contributed by atoms with van der Waals surface area (Å²) in [5.74, 6) is -0.918. The van der Waals surface area contributed by atoms with Crippen LogP contribution in [0.5, 0.6) is 5.75 Å². The van der Waals surface area contributed by atoms with E-state index in [9.17, 15) is 19.5 Å². The quantitative estimate of drug-likeness (QED) is 0.708. The first-order valence-corrected chi connectivity index (χ1v) is 9.46. The van der Waals surface area contributed by atoms with E-state index < -0.39 is 12.1 Å². The molecule has 0 saturated heterocycles. The van der Waals surface area contributed by atoms with E-state index >= 15 is 0 Å². The number of nitrogens with one attached hydrogen (secondary N) is 1. The Kier molecular flexibility index (Phi) is 4.03. The molecule has 2 aliphatic rings. The van der Waals surface area contributed by atoms with Crippen molar-refractivity contribution < 1.29 is 19.5 Å². The standard InChI is InChI=1S/C23H17N3O4/c27-15-7-5-6-14(12-15)24-20(28)13-25-21-16-8-1-2-9-17(16)23(30)26(21)19-11-4-3-10-18(19)22(25)29/h1-12,21,27H,13H2,(H,24,28)/t21-/m1/s1. The summed E-state index contributed by atoms with van der Waals surface area (Å²) in [5, 5.41) is 12.3. The molecule has 0 fully saturated rings. The Labute approximate surface area is 172 Å². The van der Waals surface area contributed by atoms with Crippen molar-refractivity contribution in [3.8, 4) is 5.75 Å². The first-order valence-electron chi connectivity index (χ1n) is 9.46. The summed E-state index contributed by atoms with van der Waals surface area (Å²) < 4.78 is 0. The fraction of sp³-hybridized carbons (Fsp3) is 0.0870. The van der Waals surface area contributed by atoms with E-state index in [2.05, 4.69) is 5.32 Å². The minimum Gasteiger partial charge on any atom is -0.508 e. The van der Waals surface area contributed by atoms with Crippen LogP contribution < -0.4 is 10.2 Å². The molecule has 0 unspecified atom stereocenters. The molecule has 0 aromatic heterocycles. The van der Waals surface area contributed by atoms with Gasteiger partial charge in [0, 0.05) is 22.9 Å². The Morgan fingerprint density at radius 2 is 1.63 bits per heavy atom. The van der Waals surface area contributed by atoms with Gasteiger partial charge in [0.2, 0.25) is 5.91 Å². The number of aromatic hydroxyl groups is 1. The Balaban J connectivity index is 1.53. The van der Waals surface area contributed by atoms with E-state index in [1.165, 1.54) is 17.0 Å². The molecule has 2 aliphatic heterocycles. The van der Waals surface area contributed by atoms with E-state index in [-0.39, 0.29) is 24.1 Å². The Bertz CT molecular complexity index is 1210. The Hall–Kier alpha value is -4.13. The second kappa shape index (κ2) is 6.73. The third-order valence-electron chi connectivity index (χ3n) is 5.33. The minimum absolute atomic E-state index is 0.0252. The number of carbonyl (C=O) groups is 3. The molecule has 7 nitrogen and oxygen atoms in total. The van der Waals surface area contributed by atoms with Crippen LogP contribution in [-0.2, 0) is 4.79 Å². The fourth-order valence-electron chi connectivity index (χ4n) is 4.07. The molecule has 0 radical (unpaired) electrons. The van der Waals surface area contributed by atoms with Crippen molar-refractivity contribution in [3.05, 3.63) is 89.5 Å². The maximum absolute atomic E-state index is 13.3. The van der Waals surface area contributed by atoms with Crippen LogP contribution in [0.15, 0.2) is 72.8 Å². The average molecular weight is 399 g/mol. The molecule has 0 aliphatic carbocycles. The van der Waals surface area contributed by atoms with Crippen LogP contribution in [0.1, 0.15) is 32.4 Å². The van der Waals surface area contributed by atoms with Gasteiger partial charge in [-0.2, -0.15) is 0 Å². The molecule has 1 atom stereocenters. The molecular weight excluding hydrogens is 382 g/mol. The maximum atomic E-state index is 13.3. The molecule has 0 bridgehead atoms. The predicted molar refractivity (Wildman–Crippen MR) is 110 cm³/mol. The van der Waals surface area contributed by atoms with Crippen molar-refractivity contribution >= 4 is 29.1 Å². The van der Waals surface area contributed by atoms with E-state index in [1.807, 2.05) is 6.07 Å². The SMILES string of the molecule is O=C(CN1C(=O)c2ccccc2N2C(=O)c3ccccc3[C@H]12)Nc1cccc(O)c1. The topological polar surface area (TPSA) is 90.0 Å². The second-order valence-corrected chi connectivity index (χ2v) is 7.18. The van der Waals surface area contributed by atoms with Crippen LogP contribution in [0.2, 0.25) is 0 Å². The molecule has 3 aromatic rings. The number of hydrogen-bond donors (Lipinski definition) is 2. The van der Waals surface area contributed by atoms with E-state index in [1.54, 1.807) is 59.5 Å². The molecule has 0 saturated carbocycles. The van der Waals surface area contributed by atoms with Gasteiger partial charge in [0.25, 0.3) is 11.8 Å². The van der Waals surface area contributed by atoms with Gasteiger partial charge in [-0.3, -0.25) is 19.3 Å². The summed E-state index contributed by atoms with van der Waals surface area (Å²) in [6.07, 6.45) is -0.689. The van der Waals surface area contributed by atoms with Gasteiger partial charge in [0.05, 0.1) is 11.3 Å². The number of amides is 3. The summed E-state index contributed by atoms with van der Waals surface area (Å²) in [6.45, 7) is -0.244. The average Bonchev–Trinajstić information content (AvgIpc) is 3.04. The molecule has 30 heavy (non-hydrogen) atoms. The highest BCUT2D eigenvalue weighted by atomic mass is 16.3. The maximum Gasteiger partial charge on any atom is 0.260 e. The summed E-state index contributed by atoms with van der Waals surface area (Å²) in [4.78, 5) is 42.1. The molecule has 5 rings (SSSR count). The molecule has 7 heteroatoms. The van der Waals surface area contributed by atoms with Crippen LogP contribution in [-0.4, -0.2) is 34.3 Å². The molecule has 2 N–H and O–H groups in total. The summed E-state index contributed by atoms with van der Waals surface area (Å²) in [7, 11) is 0. The highest BCUT2D eigenvalue weighted by Crippen LogP contribution is 2.44. The Morgan fingerprint density at radius 3 is 2.43 bits per heavy atom. The normalized spacial score (nSPS) is 16.7. The van der Waals surface area contributed by atoms with Gasteiger partial charge >= 0.3 is 0 Å². The third-order valence-corrected chi connectivity index (χ3v) is 5.33. The lowest BCUT2D eigenvalue weighted by atomic mass is 10.0. The lowest BCUT2D eigenvalue weighted by Crippen LogP contribution is -2.50. The smallest absolute Gasteiger partial charge is 0.260 e. The monoisotopic (exact) mass is 399 g/mol. The number of anilines is 2. The van der Waals surface area contributed by atoms with Crippen molar-refractivity contribution in [3.63, 3.8) is 0 Å². The molecule has 3 aromatic carbocycles. The summed E-state index contributed by atoms with van der Waals surface area (Å²) in [6, 6.07) is 20.2. The zero-order valence-electron chi connectivity index (χ0n) is 15.8.